The lowest BCUT2D eigenvalue weighted by Crippen LogP contribution is -2.53. The maximum Gasteiger partial charge on any atom is 0.264 e. The maximum atomic E-state index is 14.1. The average Bonchev–Trinajstić information content (AvgIpc) is 2.96. The van der Waals surface area contributed by atoms with Gasteiger partial charge in [0, 0.05) is 13.1 Å². The van der Waals surface area contributed by atoms with E-state index in [1.165, 1.54) is 23.1 Å². The Hall–Kier alpha value is -3.07. The molecule has 0 aliphatic rings. The standard InChI is InChI=1S/C31H37Cl2N3O4S/c1-4-6-20-34-31(38)27(5-2)35(21-19-24-11-8-7-9-12-24)29(37)22-36(28-14-10-13-26(32)30(28)33)41(39,40)25-17-15-23(3)16-18-25/h7-18,27H,4-6,19-22H2,1-3H3,(H,34,38)/t27-/m0/s1. The van der Waals surface area contributed by atoms with Gasteiger partial charge in [-0.2, -0.15) is 0 Å². The van der Waals surface area contributed by atoms with Crippen LogP contribution in [-0.2, 0) is 26.0 Å². The lowest BCUT2D eigenvalue weighted by Gasteiger charge is -2.33. The number of nitrogens with one attached hydrogen (secondary N) is 1. The van der Waals surface area contributed by atoms with Crippen molar-refractivity contribution in [3.63, 3.8) is 0 Å². The Bertz CT molecular complexity index is 1420. The van der Waals surface area contributed by atoms with Gasteiger partial charge in [0.05, 0.1) is 20.6 Å². The first kappa shape index (κ1) is 32.4. The van der Waals surface area contributed by atoms with Crippen LogP contribution in [0.2, 0.25) is 10.0 Å². The van der Waals surface area contributed by atoms with Gasteiger partial charge in [0.25, 0.3) is 10.0 Å². The van der Waals surface area contributed by atoms with E-state index in [0.29, 0.717) is 19.4 Å². The number of halogens is 2. The van der Waals surface area contributed by atoms with Gasteiger partial charge >= 0.3 is 0 Å². The molecular formula is C31H37Cl2N3O4S. The van der Waals surface area contributed by atoms with E-state index in [0.717, 1.165) is 28.3 Å². The smallest absolute Gasteiger partial charge is 0.264 e. The number of nitrogens with zero attached hydrogens (tertiary/aromatic N) is 2. The van der Waals surface area contributed by atoms with Gasteiger partial charge in [0.1, 0.15) is 12.6 Å². The predicted octanol–water partition coefficient (Wildman–Crippen LogP) is 6.26. The number of unbranched alkanes of at least 4 members (excludes halogenated alkanes) is 1. The van der Waals surface area contributed by atoms with Gasteiger partial charge < -0.3 is 10.2 Å². The molecule has 3 aromatic rings. The molecule has 0 spiro atoms. The number of rotatable bonds is 14. The molecular weight excluding hydrogens is 581 g/mol. The summed E-state index contributed by atoms with van der Waals surface area (Å²) in [7, 11) is -4.23. The summed E-state index contributed by atoms with van der Waals surface area (Å²) >= 11 is 12.8. The van der Waals surface area contributed by atoms with Gasteiger partial charge in [0.15, 0.2) is 0 Å². The van der Waals surface area contributed by atoms with Crippen molar-refractivity contribution < 1.29 is 18.0 Å². The summed E-state index contributed by atoms with van der Waals surface area (Å²) in [6.45, 7) is 5.88. The number of aryl methyl sites for hydroxylation is 1. The summed E-state index contributed by atoms with van der Waals surface area (Å²) in [6, 6.07) is 19.8. The fourth-order valence-corrected chi connectivity index (χ4v) is 6.31. The molecule has 0 unspecified atom stereocenters. The molecule has 220 valence electrons. The highest BCUT2D eigenvalue weighted by Gasteiger charge is 2.34. The molecule has 0 aromatic heterocycles. The van der Waals surface area contributed by atoms with Crippen molar-refractivity contribution in [2.75, 3.05) is 23.9 Å². The van der Waals surface area contributed by atoms with Gasteiger partial charge in [-0.25, -0.2) is 8.42 Å². The minimum Gasteiger partial charge on any atom is -0.354 e. The van der Waals surface area contributed by atoms with E-state index in [2.05, 4.69) is 5.32 Å². The topological polar surface area (TPSA) is 86.8 Å². The third-order valence-corrected chi connectivity index (χ3v) is 9.37. The van der Waals surface area contributed by atoms with E-state index in [4.69, 9.17) is 23.2 Å². The number of anilines is 1. The number of sulfonamides is 1. The maximum absolute atomic E-state index is 14.1. The fourth-order valence-electron chi connectivity index (χ4n) is 4.44. The number of benzene rings is 3. The van der Waals surface area contributed by atoms with E-state index >= 15 is 0 Å². The van der Waals surface area contributed by atoms with Crippen molar-refractivity contribution >= 4 is 50.7 Å². The highest BCUT2D eigenvalue weighted by molar-refractivity contribution is 7.92. The number of amides is 2. The zero-order valence-corrected chi connectivity index (χ0v) is 26.0. The Morgan fingerprint density at radius 3 is 2.24 bits per heavy atom. The number of carbonyl (C=O) groups is 2. The monoisotopic (exact) mass is 617 g/mol. The lowest BCUT2D eigenvalue weighted by molar-refractivity contribution is -0.139. The molecule has 2 amide bonds. The molecule has 0 saturated heterocycles. The van der Waals surface area contributed by atoms with Crippen molar-refractivity contribution in [3.05, 3.63) is 94.0 Å². The summed E-state index contributed by atoms with van der Waals surface area (Å²) in [5.74, 6) is -0.791. The van der Waals surface area contributed by atoms with Crippen LogP contribution in [0.15, 0.2) is 77.7 Å². The van der Waals surface area contributed by atoms with Crippen molar-refractivity contribution in [1.29, 1.82) is 0 Å². The second-order valence-electron chi connectivity index (χ2n) is 9.79. The van der Waals surface area contributed by atoms with Crippen LogP contribution in [0.3, 0.4) is 0 Å². The van der Waals surface area contributed by atoms with Crippen LogP contribution in [0, 0.1) is 6.92 Å². The fraction of sp³-hybridized carbons (Fsp3) is 0.355. The first-order valence-corrected chi connectivity index (χ1v) is 15.9. The van der Waals surface area contributed by atoms with E-state index in [-0.39, 0.29) is 33.1 Å². The Balaban J connectivity index is 2.02. The molecule has 3 rings (SSSR count). The molecule has 1 N–H and O–H groups in total. The average molecular weight is 619 g/mol. The van der Waals surface area contributed by atoms with Crippen molar-refractivity contribution in [2.24, 2.45) is 0 Å². The highest BCUT2D eigenvalue weighted by atomic mass is 35.5. The van der Waals surface area contributed by atoms with Gasteiger partial charge in [-0.15, -0.1) is 0 Å². The molecule has 0 aliphatic carbocycles. The predicted molar refractivity (Wildman–Crippen MR) is 166 cm³/mol. The molecule has 0 fully saturated rings. The molecule has 3 aromatic carbocycles. The van der Waals surface area contributed by atoms with Gasteiger partial charge in [-0.3, -0.25) is 13.9 Å². The third-order valence-electron chi connectivity index (χ3n) is 6.79. The number of carbonyl (C=O) groups excluding carboxylic acids is 2. The second kappa shape index (κ2) is 15.2. The van der Waals surface area contributed by atoms with Crippen molar-refractivity contribution in [3.8, 4) is 0 Å². The molecule has 0 radical (unpaired) electrons. The van der Waals surface area contributed by atoms with Crippen molar-refractivity contribution in [1.82, 2.24) is 10.2 Å². The molecule has 0 aliphatic heterocycles. The van der Waals surface area contributed by atoms with Gasteiger partial charge in [0.2, 0.25) is 11.8 Å². The molecule has 10 heteroatoms. The Kier molecular flexibility index (Phi) is 12.1. The zero-order valence-electron chi connectivity index (χ0n) is 23.6. The molecule has 41 heavy (non-hydrogen) atoms. The van der Waals surface area contributed by atoms with Gasteiger partial charge in [-0.05, 0) is 56.0 Å². The van der Waals surface area contributed by atoms with Crippen LogP contribution in [0.25, 0.3) is 0 Å². The Labute approximate surface area is 253 Å². The van der Waals surface area contributed by atoms with E-state index in [1.807, 2.05) is 51.1 Å². The molecule has 0 heterocycles. The summed E-state index contributed by atoms with van der Waals surface area (Å²) in [4.78, 5) is 28.8. The molecule has 1 atom stereocenters. The first-order chi connectivity index (χ1) is 19.6. The van der Waals surface area contributed by atoms with Crippen LogP contribution in [0.4, 0.5) is 5.69 Å². The summed E-state index contributed by atoms with van der Waals surface area (Å²) < 4.78 is 28.9. The zero-order chi connectivity index (χ0) is 30.0. The van der Waals surface area contributed by atoms with Crippen LogP contribution in [0.1, 0.15) is 44.2 Å². The summed E-state index contributed by atoms with van der Waals surface area (Å²) in [6.07, 6.45) is 2.59. The summed E-state index contributed by atoms with van der Waals surface area (Å²) in [5.41, 5.74) is 1.96. The quantitative estimate of drug-likeness (QED) is 0.216. The van der Waals surface area contributed by atoms with E-state index < -0.39 is 28.5 Å². The van der Waals surface area contributed by atoms with E-state index in [1.54, 1.807) is 24.3 Å². The van der Waals surface area contributed by atoms with Crippen LogP contribution < -0.4 is 9.62 Å². The van der Waals surface area contributed by atoms with Crippen LogP contribution in [-0.4, -0.2) is 50.8 Å². The molecule has 0 saturated carbocycles. The molecule has 0 bridgehead atoms. The minimum atomic E-state index is -4.23. The third kappa shape index (κ3) is 8.47. The second-order valence-corrected chi connectivity index (χ2v) is 12.4. The minimum absolute atomic E-state index is 0.00660. The molecule has 7 nitrogen and oxygen atoms in total. The van der Waals surface area contributed by atoms with Crippen LogP contribution >= 0.6 is 23.2 Å². The highest BCUT2D eigenvalue weighted by Crippen LogP contribution is 2.35. The SMILES string of the molecule is CCCCNC(=O)[C@H](CC)N(CCc1ccccc1)C(=O)CN(c1cccc(Cl)c1Cl)S(=O)(=O)c1ccc(C)cc1. The van der Waals surface area contributed by atoms with Crippen molar-refractivity contribution in [2.45, 2.75) is 57.4 Å². The van der Waals surface area contributed by atoms with Gasteiger partial charge in [-0.1, -0.05) is 97.6 Å². The largest absolute Gasteiger partial charge is 0.354 e. The summed E-state index contributed by atoms with van der Waals surface area (Å²) in [5, 5.41) is 3.10. The van der Waals surface area contributed by atoms with Crippen LogP contribution in [0.5, 0.6) is 0 Å². The Morgan fingerprint density at radius 2 is 1.61 bits per heavy atom. The number of hydrogen-bond donors (Lipinski definition) is 1. The first-order valence-electron chi connectivity index (χ1n) is 13.7. The normalized spacial score (nSPS) is 12.0. The number of hydrogen-bond acceptors (Lipinski definition) is 4. The van der Waals surface area contributed by atoms with E-state index in [9.17, 15) is 18.0 Å². The Morgan fingerprint density at radius 1 is 0.927 bits per heavy atom. The lowest BCUT2D eigenvalue weighted by atomic mass is 10.1.